The fourth-order valence-electron chi connectivity index (χ4n) is 4.67. The van der Waals surface area contributed by atoms with Gasteiger partial charge in [0.25, 0.3) is 0 Å². The molecule has 0 N–H and O–H groups in total. The Labute approximate surface area is 193 Å². The van der Waals surface area contributed by atoms with Crippen LogP contribution in [0.25, 0.3) is 0 Å². The predicted molar refractivity (Wildman–Crippen MR) is 141 cm³/mol. The zero-order valence-electron chi connectivity index (χ0n) is 21.8. The van der Waals surface area contributed by atoms with Crippen molar-refractivity contribution in [3.63, 3.8) is 0 Å². The molecule has 1 rings (SSSR count). The van der Waals surface area contributed by atoms with Crippen LogP contribution in [0.15, 0.2) is 82.3 Å². The van der Waals surface area contributed by atoms with Crippen molar-refractivity contribution in [2.45, 2.75) is 93.9 Å². The molecule has 1 aliphatic rings. The van der Waals surface area contributed by atoms with E-state index in [1.807, 2.05) is 0 Å². The molecule has 0 aromatic heterocycles. The molecule has 0 fully saturated rings. The number of rotatable bonds is 12. The minimum atomic E-state index is 0.489. The molecule has 31 heavy (non-hydrogen) atoms. The Morgan fingerprint density at radius 3 is 2.19 bits per heavy atom. The van der Waals surface area contributed by atoms with Crippen LogP contribution in [-0.2, 0) is 0 Å². The van der Waals surface area contributed by atoms with Gasteiger partial charge in [-0.1, -0.05) is 70.2 Å². The van der Waals surface area contributed by atoms with Crippen LogP contribution in [0.3, 0.4) is 0 Å². The topological polar surface area (TPSA) is 3.24 Å². The molecule has 1 heteroatoms. The van der Waals surface area contributed by atoms with Crippen molar-refractivity contribution in [2.75, 3.05) is 6.54 Å². The van der Waals surface area contributed by atoms with E-state index in [0.717, 1.165) is 37.1 Å². The van der Waals surface area contributed by atoms with Crippen LogP contribution in [-0.4, -0.2) is 11.4 Å². The molecule has 0 aromatic carbocycles. The first-order valence-electron chi connectivity index (χ1n) is 12.1. The van der Waals surface area contributed by atoms with Crippen LogP contribution in [0.1, 0.15) is 93.9 Å². The van der Waals surface area contributed by atoms with Gasteiger partial charge in [-0.25, -0.2) is 0 Å². The summed E-state index contributed by atoms with van der Waals surface area (Å²) in [5.41, 5.74) is 11.6. The van der Waals surface area contributed by atoms with Crippen molar-refractivity contribution in [3.8, 4) is 0 Å². The van der Waals surface area contributed by atoms with E-state index in [1.165, 1.54) is 52.8 Å². The lowest BCUT2D eigenvalue weighted by molar-refractivity contribution is 0.373. The van der Waals surface area contributed by atoms with Crippen LogP contribution in [0.4, 0.5) is 0 Å². The Balaban J connectivity index is 3.38. The van der Waals surface area contributed by atoms with Crippen molar-refractivity contribution < 1.29 is 0 Å². The van der Waals surface area contributed by atoms with Crippen LogP contribution in [0.2, 0.25) is 0 Å². The van der Waals surface area contributed by atoms with Crippen molar-refractivity contribution in [3.05, 3.63) is 82.3 Å². The molecule has 0 spiro atoms. The Morgan fingerprint density at radius 1 is 1.03 bits per heavy atom. The molecule has 1 aliphatic carbocycles. The van der Waals surface area contributed by atoms with Gasteiger partial charge in [-0.05, 0) is 101 Å². The molecule has 172 valence electrons. The highest BCUT2D eigenvalue weighted by atomic mass is 15.1. The Hall–Kier alpha value is -2.02. The lowest BCUT2D eigenvalue weighted by Gasteiger charge is -2.33. The van der Waals surface area contributed by atoms with Crippen molar-refractivity contribution >= 4 is 0 Å². The molecule has 0 radical (unpaired) electrons. The van der Waals surface area contributed by atoms with Crippen LogP contribution in [0, 0.1) is 5.92 Å². The van der Waals surface area contributed by atoms with Crippen LogP contribution in [0.5, 0.6) is 0 Å². The minimum absolute atomic E-state index is 0.489. The third kappa shape index (κ3) is 7.27. The molecule has 1 atom stereocenters. The second kappa shape index (κ2) is 12.7. The highest BCUT2D eigenvalue weighted by Crippen LogP contribution is 2.33. The summed E-state index contributed by atoms with van der Waals surface area (Å²) >= 11 is 0. The predicted octanol–water partition coefficient (Wildman–Crippen LogP) is 9.45. The smallest absolute Gasteiger partial charge is 0.0287 e. The number of allylic oxidation sites excluding steroid dienone is 10. The number of hydrogen-bond acceptors (Lipinski definition) is 1. The summed E-state index contributed by atoms with van der Waals surface area (Å²) in [6.45, 7) is 31.8. The lowest BCUT2D eigenvalue weighted by Crippen LogP contribution is -2.28. The first-order valence-corrected chi connectivity index (χ1v) is 12.1. The van der Waals surface area contributed by atoms with Crippen molar-refractivity contribution in [2.24, 2.45) is 5.92 Å². The second-order valence-electron chi connectivity index (χ2n) is 9.29. The van der Waals surface area contributed by atoms with Crippen molar-refractivity contribution in [1.29, 1.82) is 0 Å². The number of hydrogen-bond donors (Lipinski definition) is 0. The fourth-order valence-corrected chi connectivity index (χ4v) is 4.67. The average molecular weight is 422 g/mol. The molecular formula is C30H47N. The van der Waals surface area contributed by atoms with Crippen molar-refractivity contribution in [1.82, 2.24) is 4.90 Å². The Morgan fingerprint density at radius 2 is 1.68 bits per heavy atom. The molecule has 0 aromatic rings. The summed E-state index contributed by atoms with van der Waals surface area (Å²) < 4.78 is 0. The Bertz CT molecular complexity index is 809. The first-order chi connectivity index (χ1) is 14.6. The van der Waals surface area contributed by atoms with Gasteiger partial charge in [-0.15, -0.1) is 0 Å². The molecule has 0 saturated heterocycles. The van der Waals surface area contributed by atoms with Gasteiger partial charge in [-0.2, -0.15) is 0 Å². The zero-order chi connectivity index (χ0) is 23.7. The highest BCUT2D eigenvalue weighted by Gasteiger charge is 2.21. The Kier molecular flexibility index (Phi) is 11.1. The van der Waals surface area contributed by atoms with Gasteiger partial charge in [-0.3, -0.25) is 0 Å². The normalized spacial score (nSPS) is 16.5. The standard InChI is InChI=1S/C30H47N/c1-12-14-17-23(7)25(9)26(10)30(21(3)4)27(11)31(22(5)6)20-24(8)29-19-16-15-18-28(29)13-2/h15,18,24H,3,5,7,12-14,16-17,19-20H2,1-2,4,6,8-11H3/b26-25+,30-27+. The summed E-state index contributed by atoms with van der Waals surface area (Å²) in [6.07, 6.45) is 11.5. The quantitative estimate of drug-likeness (QED) is 0.284. The molecule has 0 aliphatic heterocycles. The molecule has 1 unspecified atom stereocenters. The SMILES string of the molecule is C=C(CCCC)/C(C)=C(C)/C(C(=C)C)=C(\C)N(CC(C)C1=C(CC)C=CCC1)C(=C)C. The van der Waals surface area contributed by atoms with E-state index in [2.05, 4.69) is 92.2 Å². The fraction of sp³-hybridized carbons (Fsp3) is 0.533. The molecular weight excluding hydrogens is 374 g/mol. The summed E-state index contributed by atoms with van der Waals surface area (Å²) in [6, 6.07) is 0. The van der Waals surface area contributed by atoms with Gasteiger partial charge in [0.05, 0.1) is 0 Å². The molecule has 0 bridgehead atoms. The summed E-state index contributed by atoms with van der Waals surface area (Å²) in [7, 11) is 0. The van der Waals surface area contributed by atoms with Gasteiger partial charge >= 0.3 is 0 Å². The monoisotopic (exact) mass is 421 g/mol. The van der Waals surface area contributed by atoms with Crippen LogP contribution < -0.4 is 0 Å². The zero-order valence-corrected chi connectivity index (χ0v) is 21.8. The van der Waals surface area contributed by atoms with E-state index in [0.29, 0.717) is 5.92 Å². The van der Waals surface area contributed by atoms with E-state index in [1.54, 1.807) is 5.57 Å². The summed E-state index contributed by atoms with van der Waals surface area (Å²) in [5, 5.41) is 0. The summed E-state index contributed by atoms with van der Waals surface area (Å²) in [4.78, 5) is 2.40. The highest BCUT2D eigenvalue weighted by molar-refractivity contribution is 5.52. The number of unbranched alkanes of at least 4 members (excludes halogenated alkanes) is 1. The van der Waals surface area contributed by atoms with Gasteiger partial charge in [0, 0.05) is 17.9 Å². The molecule has 1 nitrogen and oxygen atoms in total. The van der Waals surface area contributed by atoms with Gasteiger partial charge in [0.2, 0.25) is 0 Å². The third-order valence-electron chi connectivity index (χ3n) is 6.70. The van der Waals surface area contributed by atoms with Gasteiger partial charge < -0.3 is 4.90 Å². The average Bonchev–Trinajstić information content (AvgIpc) is 2.74. The first kappa shape index (κ1) is 27.0. The van der Waals surface area contributed by atoms with E-state index in [9.17, 15) is 0 Å². The molecule has 0 heterocycles. The van der Waals surface area contributed by atoms with Crippen LogP contribution >= 0.6 is 0 Å². The minimum Gasteiger partial charge on any atom is -0.349 e. The largest absolute Gasteiger partial charge is 0.349 e. The van der Waals surface area contributed by atoms with E-state index < -0.39 is 0 Å². The molecule has 0 amide bonds. The van der Waals surface area contributed by atoms with E-state index in [4.69, 9.17) is 0 Å². The van der Waals surface area contributed by atoms with Gasteiger partial charge in [0.1, 0.15) is 0 Å². The second-order valence-corrected chi connectivity index (χ2v) is 9.29. The van der Waals surface area contributed by atoms with E-state index >= 15 is 0 Å². The maximum absolute atomic E-state index is 4.37. The lowest BCUT2D eigenvalue weighted by atomic mass is 9.86. The molecule has 0 saturated carbocycles. The number of nitrogens with zero attached hydrogens (tertiary/aromatic N) is 1. The third-order valence-corrected chi connectivity index (χ3v) is 6.70. The maximum Gasteiger partial charge on any atom is 0.0287 e. The maximum atomic E-state index is 4.37. The summed E-state index contributed by atoms with van der Waals surface area (Å²) in [5.74, 6) is 0.489. The van der Waals surface area contributed by atoms with E-state index in [-0.39, 0.29) is 0 Å². The van der Waals surface area contributed by atoms with Gasteiger partial charge in [0.15, 0.2) is 0 Å².